The topological polar surface area (TPSA) is 28.6 Å². The summed E-state index contributed by atoms with van der Waals surface area (Å²) in [6, 6.07) is 9.05. The number of ether oxygens (including phenoxy) is 1. The Balaban J connectivity index is 1.52. The van der Waals surface area contributed by atoms with Crippen LogP contribution < -0.4 is 14.5 Å². The SMILES string of the molecule is COc1ccc(Cl)c2sc(N3CCN(c4cccc(C(F)(F)F)c4)CC3)nc12. The first-order chi connectivity index (χ1) is 13.4. The zero-order valence-electron chi connectivity index (χ0n) is 15.0. The van der Waals surface area contributed by atoms with Crippen LogP contribution >= 0.6 is 22.9 Å². The number of rotatable bonds is 3. The Morgan fingerprint density at radius 3 is 2.46 bits per heavy atom. The summed E-state index contributed by atoms with van der Waals surface area (Å²) >= 11 is 7.79. The standard InChI is InChI=1S/C19H17ClF3N3OS/c1-27-15-6-5-14(20)17-16(15)24-18(28-17)26-9-7-25(8-10-26)13-4-2-3-12(11-13)19(21,22)23/h2-6,11H,7-10H2,1H3. The van der Waals surface area contributed by atoms with E-state index in [1.807, 2.05) is 4.90 Å². The van der Waals surface area contributed by atoms with Crippen LogP contribution in [-0.2, 0) is 6.18 Å². The minimum absolute atomic E-state index is 0.587. The van der Waals surface area contributed by atoms with Crippen LogP contribution in [0.3, 0.4) is 0 Å². The minimum atomic E-state index is -4.34. The summed E-state index contributed by atoms with van der Waals surface area (Å²) in [5.41, 5.74) is 0.694. The van der Waals surface area contributed by atoms with E-state index < -0.39 is 11.7 Å². The molecular formula is C19H17ClF3N3OS. The molecule has 0 unspecified atom stereocenters. The number of anilines is 2. The molecule has 9 heteroatoms. The van der Waals surface area contributed by atoms with Gasteiger partial charge in [0.2, 0.25) is 0 Å². The number of hydrogen-bond acceptors (Lipinski definition) is 5. The van der Waals surface area contributed by atoms with Crippen molar-refractivity contribution in [2.75, 3.05) is 43.1 Å². The molecule has 3 aromatic rings. The summed E-state index contributed by atoms with van der Waals surface area (Å²) in [5.74, 6) is 0.671. The molecule has 1 aliphatic rings. The molecule has 1 fully saturated rings. The van der Waals surface area contributed by atoms with Gasteiger partial charge in [-0.1, -0.05) is 29.0 Å². The number of benzene rings is 2. The Kier molecular flexibility index (Phi) is 5.01. The van der Waals surface area contributed by atoms with Gasteiger partial charge in [0, 0.05) is 31.9 Å². The Bertz CT molecular complexity index is 1000. The number of alkyl halides is 3. The largest absolute Gasteiger partial charge is 0.494 e. The predicted molar refractivity (Wildman–Crippen MR) is 107 cm³/mol. The molecule has 4 rings (SSSR count). The average molecular weight is 428 g/mol. The lowest BCUT2D eigenvalue weighted by atomic mass is 10.1. The molecule has 0 atom stereocenters. The molecule has 0 spiro atoms. The molecule has 1 aliphatic heterocycles. The molecule has 0 radical (unpaired) electrons. The van der Waals surface area contributed by atoms with Gasteiger partial charge >= 0.3 is 6.18 Å². The first-order valence-corrected chi connectivity index (χ1v) is 9.86. The molecule has 0 saturated carbocycles. The van der Waals surface area contributed by atoms with Gasteiger partial charge in [-0.25, -0.2) is 4.98 Å². The lowest BCUT2D eigenvalue weighted by molar-refractivity contribution is -0.137. The van der Waals surface area contributed by atoms with Crippen LogP contribution in [0.5, 0.6) is 5.75 Å². The van der Waals surface area contributed by atoms with Crippen molar-refractivity contribution in [3.63, 3.8) is 0 Å². The summed E-state index contributed by atoms with van der Waals surface area (Å²) in [4.78, 5) is 8.77. The molecule has 4 nitrogen and oxygen atoms in total. The third-order valence-corrected chi connectivity index (χ3v) is 6.33. The second-order valence-electron chi connectivity index (χ2n) is 6.45. The van der Waals surface area contributed by atoms with Gasteiger partial charge in [0.05, 0.1) is 22.4 Å². The van der Waals surface area contributed by atoms with Crippen LogP contribution in [0.15, 0.2) is 36.4 Å². The molecule has 148 valence electrons. The first-order valence-electron chi connectivity index (χ1n) is 8.67. The highest BCUT2D eigenvalue weighted by molar-refractivity contribution is 7.22. The number of hydrogen-bond donors (Lipinski definition) is 0. The van der Waals surface area contributed by atoms with Gasteiger partial charge in [0.25, 0.3) is 0 Å². The van der Waals surface area contributed by atoms with E-state index in [2.05, 4.69) is 9.88 Å². The molecule has 2 aromatic carbocycles. The zero-order valence-corrected chi connectivity index (χ0v) is 16.5. The van der Waals surface area contributed by atoms with E-state index in [0.29, 0.717) is 42.6 Å². The van der Waals surface area contributed by atoms with Crippen molar-refractivity contribution in [2.45, 2.75) is 6.18 Å². The van der Waals surface area contributed by atoms with E-state index in [4.69, 9.17) is 16.3 Å². The summed E-state index contributed by atoms with van der Waals surface area (Å²) in [6.07, 6.45) is -4.34. The summed E-state index contributed by atoms with van der Waals surface area (Å²) in [6.45, 7) is 2.55. The number of halogens is 4. The number of fused-ring (bicyclic) bond motifs is 1. The Morgan fingerprint density at radius 1 is 1.07 bits per heavy atom. The molecule has 0 amide bonds. The fourth-order valence-electron chi connectivity index (χ4n) is 3.28. The maximum Gasteiger partial charge on any atom is 0.416 e. The lowest BCUT2D eigenvalue weighted by Crippen LogP contribution is -2.46. The van der Waals surface area contributed by atoms with E-state index in [0.717, 1.165) is 21.4 Å². The third kappa shape index (κ3) is 3.58. The van der Waals surface area contributed by atoms with E-state index >= 15 is 0 Å². The van der Waals surface area contributed by atoms with E-state index in [1.165, 1.54) is 23.5 Å². The number of thiazole rings is 1. The quantitative estimate of drug-likeness (QED) is 0.567. The third-order valence-electron chi connectivity index (χ3n) is 4.76. The van der Waals surface area contributed by atoms with Crippen molar-refractivity contribution >= 4 is 44.0 Å². The second kappa shape index (κ2) is 7.33. The van der Waals surface area contributed by atoms with Crippen LogP contribution in [-0.4, -0.2) is 38.3 Å². The van der Waals surface area contributed by atoms with E-state index in [9.17, 15) is 13.2 Å². The van der Waals surface area contributed by atoms with Gasteiger partial charge in [0.1, 0.15) is 11.3 Å². The van der Waals surface area contributed by atoms with Gasteiger partial charge in [-0.3, -0.25) is 0 Å². The van der Waals surface area contributed by atoms with Crippen molar-refractivity contribution in [1.29, 1.82) is 0 Å². The molecular weight excluding hydrogens is 411 g/mol. The molecule has 28 heavy (non-hydrogen) atoms. The summed E-state index contributed by atoms with van der Waals surface area (Å²) < 4.78 is 45.1. The van der Waals surface area contributed by atoms with Crippen LogP contribution in [0.4, 0.5) is 24.0 Å². The Hall–Kier alpha value is -2.19. The lowest BCUT2D eigenvalue weighted by Gasteiger charge is -2.36. The van der Waals surface area contributed by atoms with Gasteiger partial charge in [-0.05, 0) is 30.3 Å². The smallest absolute Gasteiger partial charge is 0.416 e. The number of piperazine rings is 1. The van der Waals surface area contributed by atoms with Crippen molar-refractivity contribution in [3.05, 3.63) is 47.0 Å². The predicted octanol–water partition coefficient (Wildman–Crippen LogP) is 5.30. The van der Waals surface area contributed by atoms with Crippen LogP contribution in [0.25, 0.3) is 10.2 Å². The van der Waals surface area contributed by atoms with E-state index in [1.54, 1.807) is 25.3 Å². The van der Waals surface area contributed by atoms with Crippen molar-refractivity contribution in [2.24, 2.45) is 0 Å². The molecule has 2 heterocycles. The Labute approximate surface area is 169 Å². The number of aromatic nitrogens is 1. The molecule has 0 aliphatic carbocycles. The zero-order chi connectivity index (χ0) is 19.9. The fraction of sp³-hybridized carbons (Fsp3) is 0.316. The van der Waals surface area contributed by atoms with E-state index in [-0.39, 0.29) is 0 Å². The highest BCUT2D eigenvalue weighted by Crippen LogP contribution is 2.39. The monoisotopic (exact) mass is 427 g/mol. The fourth-order valence-corrected chi connectivity index (χ4v) is 4.58. The molecule has 1 saturated heterocycles. The Morgan fingerprint density at radius 2 is 1.79 bits per heavy atom. The van der Waals surface area contributed by atoms with Gasteiger partial charge < -0.3 is 14.5 Å². The van der Waals surface area contributed by atoms with Crippen LogP contribution in [0.1, 0.15) is 5.56 Å². The van der Waals surface area contributed by atoms with Crippen molar-refractivity contribution in [3.8, 4) is 5.75 Å². The molecule has 0 bridgehead atoms. The van der Waals surface area contributed by atoms with Crippen LogP contribution in [0, 0.1) is 0 Å². The normalized spacial score (nSPS) is 15.3. The van der Waals surface area contributed by atoms with Crippen molar-refractivity contribution < 1.29 is 17.9 Å². The van der Waals surface area contributed by atoms with Crippen LogP contribution in [0.2, 0.25) is 5.02 Å². The maximum atomic E-state index is 13.0. The van der Waals surface area contributed by atoms with Gasteiger partial charge in [-0.2, -0.15) is 13.2 Å². The highest BCUT2D eigenvalue weighted by atomic mass is 35.5. The van der Waals surface area contributed by atoms with Gasteiger partial charge in [-0.15, -0.1) is 0 Å². The molecule has 1 aromatic heterocycles. The average Bonchev–Trinajstić information content (AvgIpc) is 3.14. The van der Waals surface area contributed by atoms with Gasteiger partial charge in [0.15, 0.2) is 5.13 Å². The molecule has 0 N–H and O–H groups in total. The minimum Gasteiger partial charge on any atom is -0.494 e. The second-order valence-corrected chi connectivity index (χ2v) is 7.83. The highest BCUT2D eigenvalue weighted by Gasteiger charge is 2.31. The summed E-state index contributed by atoms with van der Waals surface area (Å²) in [7, 11) is 1.59. The number of methoxy groups -OCH3 is 1. The maximum absolute atomic E-state index is 13.0. The summed E-state index contributed by atoms with van der Waals surface area (Å²) in [5, 5.41) is 1.47. The van der Waals surface area contributed by atoms with Crippen molar-refractivity contribution in [1.82, 2.24) is 4.98 Å². The first kappa shape index (κ1) is 19.1. The number of nitrogens with zero attached hydrogens (tertiary/aromatic N) is 3.